The Hall–Kier alpha value is -1.88. The smallest absolute Gasteiger partial charge is 0.274 e. The Morgan fingerprint density at radius 3 is 2.67 bits per heavy atom. The van der Waals surface area contributed by atoms with Gasteiger partial charge in [0.25, 0.3) is 5.91 Å². The lowest BCUT2D eigenvalue weighted by Crippen LogP contribution is -2.49. The minimum Gasteiger partial charge on any atom is -0.335 e. The van der Waals surface area contributed by atoms with E-state index in [-0.39, 0.29) is 5.91 Å². The quantitative estimate of drug-likeness (QED) is 0.863. The minimum atomic E-state index is 0.0443. The van der Waals surface area contributed by atoms with Gasteiger partial charge in [-0.25, -0.2) is 4.98 Å². The number of piperazine rings is 1. The van der Waals surface area contributed by atoms with Crippen LogP contribution in [0.3, 0.4) is 0 Å². The van der Waals surface area contributed by atoms with E-state index in [1.165, 1.54) is 0 Å². The molecule has 0 atom stereocenters. The lowest BCUT2D eigenvalue weighted by atomic mass is 10.2. The van der Waals surface area contributed by atoms with Gasteiger partial charge in [-0.05, 0) is 18.1 Å². The number of pyridine rings is 1. The lowest BCUT2D eigenvalue weighted by molar-refractivity contribution is 0.0619. The van der Waals surface area contributed by atoms with Crippen LogP contribution in [-0.4, -0.2) is 57.8 Å². The number of carbonyl (C=O) groups is 1. The van der Waals surface area contributed by atoms with E-state index in [9.17, 15) is 4.79 Å². The van der Waals surface area contributed by atoms with Gasteiger partial charge in [-0.1, -0.05) is 19.9 Å². The summed E-state index contributed by atoms with van der Waals surface area (Å²) >= 11 is 0. The van der Waals surface area contributed by atoms with Gasteiger partial charge in [0.15, 0.2) is 0 Å². The first-order valence-corrected chi connectivity index (χ1v) is 7.59. The Morgan fingerprint density at radius 1 is 1.24 bits per heavy atom. The number of nitrogens with zero attached hydrogens (tertiary/aromatic N) is 4. The van der Waals surface area contributed by atoms with E-state index in [0.717, 1.165) is 38.4 Å². The van der Waals surface area contributed by atoms with Crippen molar-refractivity contribution in [3.05, 3.63) is 36.3 Å². The van der Waals surface area contributed by atoms with Crippen LogP contribution in [-0.2, 0) is 0 Å². The van der Waals surface area contributed by atoms with E-state index < -0.39 is 0 Å². The van der Waals surface area contributed by atoms with Crippen molar-refractivity contribution in [3.8, 4) is 0 Å². The molecule has 0 radical (unpaired) electrons. The molecule has 1 saturated heterocycles. The van der Waals surface area contributed by atoms with Crippen molar-refractivity contribution in [1.29, 1.82) is 0 Å². The van der Waals surface area contributed by atoms with Crippen molar-refractivity contribution < 1.29 is 4.79 Å². The number of carbonyl (C=O) groups excluding carboxylic acids is 1. The molecule has 0 aromatic carbocycles. The molecule has 2 aromatic heterocycles. The predicted molar refractivity (Wildman–Crippen MR) is 82.4 cm³/mol. The number of rotatable bonds is 3. The van der Waals surface area contributed by atoms with Gasteiger partial charge in [-0.15, -0.1) is 0 Å². The van der Waals surface area contributed by atoms with Gasteiger partial charge in [0.1, 0.15) is 11.3 Å². The van der Waals surface area contributed by atoms with Gasteiger partial charge >= 0.3 is 0 Å². The summed E-state index contributed by atoms with van der Waals surface area (Å²) in [7, 11) is 0. The first-order chi connectivity index (χ1) is 10.1. The molecule has 1 amide bonds. The molecule has 5 heteroatoms. The summed E-state index contributed by atoms with van der Waals surface area (Å²) < 4.78 is 1.89. The molecule has 0 spiro atoms. The van der Waals surface area contributed by atoms with Gasteiger partial charge in [-0.2, -0.15) is 0 Å². The number of imidazole rings is 1. The Kier molecular flexibility index (Phi) is 3.92. The zero-order chi connectivity index (χ0) is 14.8. The maximum atomic E-state index is 12.5. The molecule has 2 aromatic rings. The molecule has 1 aliphatic heterocycles. The van der Waals surface area contributed by atoms with Gasteiger partial charge < -0.3 is 9.30 Å². The molecule has 1 fully saturated rings. The number of aromatic nitrogens is 2. The summed E-state index contributed by atoms with van der Waals surface area (Å²) in [6.45, 7) is 9.06. The van der Waals surface area contributed by atoms with Crippen LogP contribution in [0.25, 0.3) is 5.65 Å². The van der Waals surface area contributed by atoms with Crippen LogP contribution in [0.2, 0.25) is 0 Å². The summed E-state index contributed by atoms with van der Waals surface area (Å²) in [5.74, 6) is 0.716. The van der Waals surface area contributed by atoms with Gasteiger partial charge in [0, 0.05) is 45.1 Å². The normalized spacial score (nSPS) is 16.8. The van der Waals surface area contributed by atoms with Crippen LogP contribution in [0.5, 0.6) is 0 Å². The first kappa shape index (κ1) is 14.1. The maximum absolute atomic E-state index is 12.5. The molecular weight excluding hydrogens is 264 g/mol. The average molecular weight is 286 g/mol. The van der Waals surface area contributed by atoms with E-state index in [2.05, 4.69) is 23.7 Å². The molecule has 5 nitrogen and oxygen atoms in total. The fourth-order valence-corrected chi connectivity index (χ4v) is 2.85. The molecule has 0 N–H and O–H groups in total. The summed E-state index contributed by atoms with van der Waals surface area (Å²) in [6, 6.07) is 5.78. The highest BCUT2D eigenvalue weighted by atomic mass is 16.2. The molecule has 112 valence electrons. The third kappa shape index (κ3) is 3.08. The van der Waals surface area contributed by atoms with Crippen LogP contribution in [0, 0.1) is 5.92 Å². The van der Waals surface area contributed by atoms with E-state index >= 15 is 0 Å². The third-order valence-electron chi connectivity index (χ3n) is 3.87. The topological polar surface area (TPSA) is 40.9 Å². The summed E-state index contributed by atoms with van der Waals surface area (Å²) in [5.41, 5.74) is 1.36. The molecule has 0 bridgehead atoms. The summed E-state index contributed by atoms with van der Waals surface area (Å²) in [5, 5.41) is 0. The van der Waals surface area contributed by atoms with Crippen LogP contribution in [0.15, 0.2) is 30.6 Å². The Labute approximate surface area is 125 Å². The Morgan fingerprint density at radius 2 is 2.00 bits per heavy atom. The molecule has 21 heavy (non-hydrogen) atoms. The van der Waals surface area contributed by atoms with Gasteiger partial charge in [-0.3, -0.25) is 9.69 Å². The fraction of sp³-hybridized carbons (Fsp3) is 0.500. The molecule has 0 unspecified atom stereocenters. The summed E-state index contributed by atoms with van der Waals surface area (Å²) in [6.07, 6.45) is 3.73. The lowest BCUT2D eigenvalue weighted by Gasteiger charge is -2.35. The van der Waals surface area contributed by atoms with Crippen molar-refractivity contribution >= 4 is 11.6 Å². The van der Waals surface area contributed by atoms with E-state index in [1.54, 1.807) is 0 Å². The monoisotopic (exact) mass is 286 g/mol. The molecule has 3 heterocycles. The van der Waals surface area contributed by atoms with E-state index in [4.69, 9.17) is 0 Å². The van der Waals surface area contributed by atoms with Crippen molar-refractivity contribution in [2.24, 2.45) is 5.92 Å². The molecule has 1 aliphatic rings. The van der Waals surface area contributed by atoms with Crippen molar-refractivity contribution in [3.63, 3.8) is 0 Å². The molecule has 0 saturated carbocycles. The fourth-order valence-electron chi connectivity index (χ4n) is 2.85. The highest BCUT2D eigenvalue weighted by molar-refractivity contribution is 5.93. The van der Waals surface area contributed by atoms with Crippen LogP contribution >= 0.6 is 0 Å². The second kappa shape index (κ2) is 5.85. The van der Waals surface area contributed by atoms with Crippen LogP contribution in [0.4, 0.5) is 0 Å². The Balaban J connectivity index is 1.66. The van der Waals surface area contributed by atoms with Gasteiger partial charge in [0.2, 0.25) is 0 Å². The standard InChI is InChI=1S/C16H22N4O/c1-13(2)11-18-7-9-19(10-8-18)16(21)14-12-20-6-4-3-5-15(20)17-14/h3-6,12-13H,7-11H2,1-2H3. The maximum Gasteiger partial charge on any atom is 0.274 e. The van der Waals surface area contributed by atoms with Crippen molar-refractivity contribution in [2.45, 2.75) is 13.8 Å². The second-order valence-electron chi connectivity index (χ2n) is 6.08. The number of amides is 1. The third-order valence-corrected chi connectivity index (χ3v) is 3.87. The number of hydrogen-bond acceptors (Lipinski definition) is 3. The number of fused-ring (bicyclic) bond motifs is 1. The van der Waals surface area contributed by atoms with Gasteiger partial charge in [0.05, 0.1) is 0 Å². The molecule has 0 aliphatic carbocycles. The van der Waals surface area contributed by atoms with Crippen molar-refractivity contribution in [1.82, 2.24) is 19.2 Å². The Bertz CT molecular complexity index is 593. The first-order valence-electron chi connectivity index (χ1n) is 7.59. The zero-order valence-corrected chi connectivity index (χ0v) is 12.7. The second-order valence-corrected chi connectivity index (χ2v) is 6.08. The summed E-state index contributed by atoms with van der Waals surface area (Å²) in [4.78, 5) is 21.3. The van der Waals surface area contributed by atoms with Crippen LogP contribution in [0.1, 0.15) is 24.3 Å². The van der Waals surface area contributed by atoms with E-state index in [1.807, 2.05) is 39.9 Å². The zero-order valence-electron chi connectivity index (χ0n) is 12.7. The largest absolute Gasteiger partial charge is 0.335 e. The molecule has 3 rings (SSSR count). The predicted octanol–water partition coefficient (Wildman–Crippen LogP) is 1.75. The van der Waals surface area contributed by atoms with E-state index in [0.29, 0.717) is 11.6 Å². The minimum absolute atomic E-state index is 0.0443. The number of hydrogen-bond donors (Lipinski definition) is 0. The molecular formula is C16H22N4O. The highest BCUT2D eigenvalue weighted by Gasteiger charge is 2.23. The van der Waals surface area contributed by atoms with Crippen molar-refractivity contribution in [2.75, 3.05) is 32.7 Å². The van der Waals surface area contributed by atoms with Crippen LogP contribution < -0.4 is 0 Å². The SMILES string of the molecule is CC(C)CN1CCN(C(=O)c2cn3ccccc3n2)CC1. The average Bonchev–Trinajstić information content (AvgIpc) is 2.90. The highest BCUT2D eigenvalue weighted by Crippen LogP contribution is 2.11.